The van der Waals surface area contributed by atoms with Gasteiger partial charge >= 0.3 is 6.09 Å². The van der Waals surface area contributed by atoms with Gasteiger partial charge < -0.3 is 10.1 Å². The first kappa shape index (κ1) is 13.6. The van der Waals surface area contributed by atoms with E-state index in [0.717, 1.165) is 0 Å². The van der Waals surface area contributed by atoms with Crippen molar-refractivity contribution in [2.45, 2.75) is 19.9 Å². The van der Waals surface area contributed by atoms with Crippen LogP contribution in [0.4, 0.5) is 10.5 Å². The minimum Gasteiger partial charge on any atom is -0.410 e. The molecule has 0 saturated carbocycles. The normalized spacial score (nSPS) is 11.4. The van der Waals surface area contributed by atoms with Gasteiger partial charge in [-0.2, -0.15) is 0 Å². The van der Waals surface area contributed by atoms with Crippen LogP contribution in [0.3, 0.4) is 0 Å². The molecule has 0 saturated heterocycles. The molecule has 96 valence electrons. The van der Waals surface area contributed by atoms with Crippen LogP contribution in [0.1, 0.15) is 13.8 Å². The molecule has 1 amide bonds. The Morgan fingerprint density at radius 2 is 1.89 bits per heavy atom. The Morgan fingerprint density at radius 3 is 2.33 bits per heavy atom. The Bertz CT molecular complexity index is 469. The Morgan fingerprint density at radius 1 is 1.33 bits per heavy atom. The SMILES string of the molecule is CC(=O)C(C)NC(=O)Oc1ccc([N+](=O)[O-])cc1. The third-order valence-corrected chi connectivity index (χ3v) is 2.20. The van der Waals surface area contributed by atoms with Gasteiger partial charge in [-0.15, -0.1) is 0 Å². The van der Waals surface area contributed by atoms with E-state index in [4.69, 9.17) is 4.74 Å². The van der Waals surface area contributed by atoms with Crippen molar-refractivity contribution in [3.63, 3.8) is 0 Å². The van der Waals surface area contributed by atoms with Crippen LogP contribution in [0.15, 0.2) is 24.3 Å². The molecule has 0 aliphatic heterocycles. The molecular formula is C11H12N2O5. The highest BCUT2D eigenvalue weighted by molar-refractivity contribution is 5.85. The molecule has 1 unspecified atom stereocenters. The largest absolute Gasteiger partial charge is 0.413 e. The smallest absolute Gasteiger partial charge is 0.410 e. The highest BCUT2D eigenvalue weighted by atomic mass is 16.6. The summed E-state index contributed by atoms with van der Waals surface area (Å²) >= 11 is 0. The Labute approximate surface area is 103 Å². The molecule has 7 nitrogen and oxygen atoms in total. The number of benzene rings is 1. The number of nitrogens with one attached hydrogen (secondary N) is 1. The van der Waals surface area contributed by atoms with E-state index in [1.807, 2.05) is 0 Å². The minimum absolute atomic E-state index is 0.0973. The average molecular weight is 252 g/mol. The molecule has 1 N–H and O–H groups in total. The van der Waals surface area contributed by atoms with E-state index < -0.39 is 17.1 Å². The van der Waals surface area contributed by atoms with Crippen molar-refractivity contribution in [2.75, 3.05) is 0 Å². The third kappa shape index (κ3) is 3.85. The lowest BCUT2D eigenvalue weighted by atomic mass is 10.2. The van der Waals surface area contributed by atoms with Gasteiger partial charge in [0.05, 0.1) is 11.0 Å². The van der Waals surface area contributed by atoms with Crippen LogP contribution >= 0.6 is 0 Å². The second-order valence-corrected chi connectivity index (χ2v) is 3.62. The van der Waals surface area contributed by atoms with Crippen molar-refractivity contribution < 1.29 is 19.2 Å². The molecule has 0 radical (unpaired) electrons. The number of hydrogen-bond donors (Lipinski definition) is 1. The van der Waals surface area contributed by atoms with Crippen LogP contribution in [0.2, 0.25) is 0 Å². The van der Waals surface area contributed by atoms with Crippen LogP contribution in [0.25, 0.3) is 0 Å². The summed E-state index contributed by atoms with van der Waals surface area (Å²) in [6.45, 7) is 2.87. The number of Topliss-reactive ketones (excluding diaryl/α,β-unsaturated/α-hetero) is 1. The summed E-state index contributed by atoms with van der Waals surface area (Å²) in [5.74, 6) is -0.0375. The molecule has 0 fully saturated rings. The molecule has 1 atom stereocenters. The average Bonchev–Trinajstić information content (AvgIpc) is 2.29. The topological polar surface area (TPSA) is 98.5 Å². The van der Waals surface area contributed by atoms with Gasteiger partial charge in [0.1, 0.15) is 5.75 Å². The number of carbonyl (C=O) groups excluding carboxylic acids is 2. The first-order chi connectivity index (χ1) is 8.40. The van der Waals surface area contributed by atoms with Crippen LogP contribution in [0, 0.1) is 10.1 Å². The van der Waals surface area contributed by atoms with E-state index in [0.29, 0.717) is 0 Å². The number of ketones is 1. The quantitative estimate of drug-likeness (QED) is 0.649. The summed E-state index contributed by atoms with van der Waals surface area (Å²) in [6.07, 6.45) is -0.786. The highest BCUT2D eigenvalue weighted by Gasteiger charge is 2.13. The minimum atomic E-state index is -0.786. The van der Waals surface area contributed by atoms with Gasteiger partial charge in [0.2, 0.25) is 0 Å². The van der Waals surface area contributed by atoms with Crippen LogP contribution in [-0.4, -0.2) is 22.8 Å². The van der Waals surface area contributed by atoms with E-state index in [1.165, 1.54) is 38.1 Å². The van der Waals surface area contributed by atoms with E-state index in [2.05, 4.69) is 5.32 Å². The molecule has 7 heteroatoms. The van der Waals surface area contributed by atoms with Gasteiger partial charge in [-0.1, -0.05) is 0 Å². The Kier molecular flexibility index (Phi) is 4.36. The van der Waals surface area contributed by atoms with Gasteiger partial charge in [-0.05, 0) is 26.0 Å². The van der Waals surface area contributed by atoms with E-state index >= 15 is 0 Å². The number of amides is 1. The molecule has 0 bridgehead atoms. The number of rotatable bonds is 4. The first-order valence-corrected chi connectivity index (χ1v) is 5.13. The lowest BCUT2D eigenvalue weighted by Gasteiger charge is -2.10. The van der Waals surface area contributed by atoms with Gasteiger partial charge in [0.15, 0.2) is 5.78 Å². The summed E-state index contributed by atoms with van der Waals surface area (Å²) in [5, 5.41) is 12.7. The van der Waals surface area contributed by atoms with Gasteiger partial charge in [-0.25, -0.2) is 4.79 Å². The molecule has 18 heavy (non-hydrogen) atoms. The predicted octanol–water partition coefficient (Wildman–Crippen LogP) is 1.66. The number of nitro benzene ring substituents is 1. The number of ether oxygens (including phenoxy) is 1. The van der Waals surface area contributed by atoms with Crippen molar-refractivity contribution in [1.29, 1.82) is 0 Å². The monoisotopic (exact) mass is 252 g/mol. The lowest BCUT2D eigenvalue weighted by molar-refractivity contribution is -0.384. The molecule has 0 spiro atoms. The van der Waals surface area contributed by atoms with Crippen molar-refractivity contribution in [2.24, 2.45) is 0 Å². The Balaban J connectivity index is 2.60. The molecule has 0 aliphatic rings. The number of nitrogens with zero attached hydrogens (tertiary/aromatic N) is 1. The summed E-state index contributed by atoms with van der Waals surface area (Å²) < 4.78 is 4.85. The number of non-ortho nitro benzene ring substituents is 1. The van der Waals surface area contributed by atoms with Crippen LogP contribution < -0.4 is 10.1 Å². The molecule has 0 aliphatic carbocycles. The van der Waals surface area contributed by atoms with Crippen molar-refractivity contribution in [3.05, 3.63) is 34.4 Å². The summed E-state index contributed by atoms with van der Waals surface area (Å²) in [7, 11) is 0. The number of hydrogen-bond acceptors (Lipinski definition) is 5. The zero-order valence-corrected chi connectivity index (χ0v) is 9.88. The predicted molar refractivity (Wildman–Crippen MR) is 62.4 cm³/mol. The van der Waals surface area contributed by atoms with E-state index in [1.54, 1.807) is 0 Å². The second-order valence-electron chi connectivity index (χ2n) is 3.62. The van der Waals surface area contributed by atoms with E-state index in [9.17, 15) is 19.7 Å². The third-order valence-electron chi connectivity index (χ3n) is 2.20. The molecule has 1 aromatic rings. The molecular weight excluding hydrogens is 240 g/mol. The maximum absolute atomic E-state index is 11.3. The molecule has 1 rings (SSSR count). The Hall–Kier alpha value is -2.44. The van der Waals surface area contributed by atoms with Crippen LogP contribution in [0.5, 0.6) is 5.75 Å². The summed E-state index contributed by atoms with van der Waals surface area (Å²) in [4.78, 5) is 32.1. The van der Waals surface area contributed by atoms with Crippen LogP contribution in [-0.2, 0) is 4.79 Å². The van der Waals surface area contributed by atoms with E-state index in [-0.39, 0.29) is 17.2 Å². The van der Waals surface area contributed by atoms with Gasteiger partial charge in [-0.3, -0.25) is 14.9 Å². The summed E-state index contributed by atoms with van der Waals surface area (Å²) in [5.41, 5.74) is -0.0973. The van der Waals surface area contributed by atoms with Crippen molar-refractivity contribution in [3.8, 4) is 5.75 Å². The lowest BCUT2D eigenvalue weighted by Crippen LogP contribution is -2.39. The first-order valence-electron chi connectivity index (χ1n) is 5.13. The highest BCUT2D eigenvalue weighted by Crippen LogP contribution is 2.17. The van der Waals surface area contributed by atoms with Crippen molar-refractivity contribution in [1.82, 2.24) is 5.32 Å². The maximum Gasteiger partial charge on any atom is 0.413 e. The fraction of sp³-hybridized carbons (Fsp3) is 0.273. The standard InChI is InChI=1S/C11H12N2O5/c1-7(8(2)14)12-11(15)18-10-5-3-9(4-6-10)13(16)17/h3-7H,1-2H3,(H,12,15). The fourth-order valence-electron chi connectivity index (χ4n) is 1.05. The zero-order valence-electron chi connectivity index (χ0n) is 9.88. The molecule has 0 heterocycles. The number of carbonyl (C=O) groups is 2. The number of nitro groups is 1. The maximum atomic E-state index is 11.3. The molecule has 1 aromatic carbocycles. The summed E-state index contributed by atoms with van der Waals surface area (Å²) in [6, 6.07) is 4.40. The zero-order chi connectivity index (χ0) is 13.7. The second kappa shape index (κ2) is 5.76. The molecule has 0 aromatic heterocycles. The van der Waals surface area contributed by atoms with Gasteiger partial charge in [0.25, 0.3) is 5.69 Å². The van der Waals surface area contributed by atoms with Gasteiger partial charge in [0, 0.05) is 12.1 Å². The fourth-order valence-corrected chi connectivity index (χ4v) is 1.05. The van der Waals surface area contributed by atoms with Crippen molar-refractivity contribution >= 4 is 17.6 Å².